The topological polar surface area (TPSA) is 30.5 Å². The highest BCUT2D eigenvalue weighted by atomic mass is 32.1. The molecule has 4 heteroatoms. The van der Waals surface area contributed by atoms with E-state index in [1.54, 1.807) is 11.3 Å². The van der Waals surface area contributed by atoms with Crippen molar-refractivity contribution < 1.29 is 9.47 Å². The van der Waals surface area contributed by atoms with Crippen molar-refractivity contribution in [2.45, 2.75) is 19.4 Å². The van der Waals surface area contributed by atoms with Crippen molar-refractivity contribution in [2.24, 2.45) is 0 Å². The van der Waals surface area contributed by atoms with Gasteiger partial charge in [-0.05, 0) is 30.0 Å². The van der Waals surface area contributed by atoms with E-state index in [1.807, 2.05) is 18.2 Å². The van der Waals surface area contributed by atoms with Crippen molar-refractivity contribution in [3.63, 3.8) is 0 Å². The first-order valence-corrected chi connectivity index (χ1v) is 7.44. The summed E-state index contributed by atoms with van der Waals surface area (Å²) in [7, 11) is 0. The Hall–Kier alpha value is -1.68. The third-order valence-electron chi connectivity index (χ3n) is 3.18. The summed E-state index contributed by atoms with van der Waals surface area (Å²) in [5, 5.41) is 5.67. The summed E-state index contributed by atoms with van der Waals surface area (Å²) in [5.74, 6) is 1.67. The molecule has 1 N–H and O–H groups in total. The molecule has 1 aliphatic rings. The van der Waals surface area contributed by atoms with Crippen LogP contribution in [0, 0.1) is 0 Å². The fourth-order valence-corrected chi connectivity index (χ4v) is 3.06. The molecule has 1 aromatic carbocycles. The van der Waals surface area contributed by atoms with Crippen LogP contribution in [0.5, 0.6) is 11.5 Å². The number of hydrogen-bond donors (Lipinski definition) is 1. The second kappa shape index (κ2) is 5.53. The van der Waals surface area contributed by atoms with Gasteiger partial charge in [0.2, 0.25) is 0 Å². The maximum Gasteiger partial charge on any atom is 0.163 e. The van der Waals surface area contributed by atoms with Gasteiger partial charge in [-0.3, -0.25) is 0 Å². The van der Waals surface area contributed by atoms with Gasteiger partial charge >= 0.3 is 0 Å². The van der Waals surface area contributed by atoms with E-state index in [0.29, 0.717) is 19.3 Å². The second-order valence-electron chi connectivity index (χ2n) is 4.48. The fourth-order valence-electron chi connectivity index (χ4n) is 2.20. The minimum absolute atomic E-state index is 0.350. The molecule has 100 valence electrons. The van der Waals surface area contributed by atoms with Crippen molar-refractivity contribution in [1.29, 1.82) is 0 Å². The van der Waals surface area contributed by atoms with Gasteiger partial charge in [0.25, 0.3) is 0 Å². The van der Waals surface area contributed by atoms with Gasteiger partial charge in [-0.2, -0.15) is 0 Å². The number of nitrogens with one attached hydrogen (secondary N) is 1. The number of fused-ring (bicyclic) bond motifs is 1. The zero-order valence-electron chi connectivity index (χ0n) is 10.9. The van der Waals surface area contributed by atoms with Gasteiger partial charge in [0, 0.05) is 16.6 Å². The maximum atomic E-state index is 5.61. The smallest absolute Gasteiger partial charge is 0.163 e. The molecule has 19 heavy (non-hydrogen) atoms. The number of thiophene rings is 1. The van der Waals surface area contributed by atoms with Crippen LogP contribution in [-0.2, 0) is 0 Å². The third-order valence-corrected chi connectivity index (χ3v) is 4.16. The third kappa shape index (κ3) is 2.68. The Morgan fingerprint density at radius 2 is 2.05 bits per heavy atom. The van der Waals surface area contributed by atoms with Crippen LogP contribution in [-0.4, -0.2) is 13.2 Å². The minimum atomic E-state index is 0.350. The van der Waals surface area contributed by atoms with Crippen molar-refractivity contribution in [1.82, 2.24) is 0 Å². The first-order valence-electron chi connectivity index (χ1n) is 6.56. The summed E-state index contributed by atoms with van der Waals surface area (Å²) in [4.78, 5) is 1.36. The van der Waals surface area contributed by atoms with Crippen LogP contribution in [0.25, 0.3) is 0 Å². The van der Waals surface area contributed by atoms with E-state index in [9.17, 15) is 0 Å². The van der Waals surface area contributed by atoms with Gasteiger partial charge in [0.05, 0.1) is 6.04 Å². The lowest BCUT2D eigenvalue weighted by Crippen LogP contribution is -2.15. The van der Waals surface area contributed by atoms with E-state index in [4.69, 9.17) is 9.47 Å². The molecular weight excluding hydrogens is 258 g/mol. The Labute approximate surface area is 117 Å². The van der Waals surface area contributed by atoms with Crippen LogP contribution < -0.4 is 14.8 Å². The maximum absolute atomic E-state index is 5.61. The number of anilines is 1. The highest BCUT2D eigenvalue weighted by Crippen LogP contribution is 2.34. The molecule has 2 heterocycles. The summed E-state index contributed by atoms with van der Waals surface area (Å²) >= 11 is 1.79. The average Bonchev–Trinajstić information content (AvgIpc) is 2.98. The van der Waals surface area contributed by atoms with E-state index in [-0.39, 0.29) is 0 Å². The van der Waals surface area contributed by atoms with Gasteiger partial charge in [0.1, 0.15) is 13.2 Å². The molecule has 1 aromatic heterocycles. The number of hydrogen-bond acceptors (Lipinski definition) is 4. The SMILES string of the molecule is CCC(Nc1ccc2c(c1)OCCO2)c1cccs1. The zero-order chi connectivity index (χ0) is 13.1. The van der Waals surface area contributed by atoms with Crippen LogP contribution >= 0.6 is 11.3 Å². The first kappa shape index (κ1) is 12.4. The molecule has 0 spiro atoms. The number of rotatable bonds is 4. The Morgan fingerprint density at radius 1 is 1.21 bits per heavy atom. The van der Waals surface area contributed by atoms with E-state index < -0.39 is 0 Å². The molecule has 1 atom stereocenters. The molecule has 2 aromatic rings. The Morgan fingerprint density at radius 3 is 2.79 bits per heavy atom. The molecule has 0 aliphatic carbocycles. The van der Waals surface area contributed by atoms with Gasteiger partial charge in [0.15, 0.2) is 11.5 Å². The lowest BCUT2D eigenvalue weighted by molar-refractivity contribution is 0.171. The molecule has 0 saturated carbocycles. The largest absolute Gasteiger partial charge is 0.486 e. The van der Waals surface area contributed by atoms with Crippen molar-refractivity contribution in [2.75, 3.05) is 18.5 Å². The first-order chi connectivity index (χ1) is 9.36. The molecular formula is C15H17NO2S. The summed E-state index contributed by atoms with van der Waals surface area (Å²) in [6.07, 6.45) is 1.05. The molecule has 0 saturated heterocycles. The zero-order valence-corrected chi connectivity index (χ0v) is 11.7. The highest BCUT2D eigenvalue weighted by molar-refractivity contribution is 7.10. The van der Waals surface area contributed by atoms with Gasteiger partial charge in [-0.15, -0.1) is 11.3 Å². The summed E-state index contributed by atoms with van der Waals surface area (Å²) in [6, 6.07) is 10.6. The van der Waals surface area contributed by atoms with E-state index in [0.717, 1.165) is 23.6 Å². The minimum Gasteiger partial charge on any atom is -0.486 e. The van der Waals surface area contributed by atoms with Gasteiger partial charge in [-0.25, -0.2) is 0 Å². The van der Waals surface area contributed by atoms with Crippen molar-refractivity contribution in [3.05, 3.63) is 40.6 Å². The van der Waals surface area contributed by atoms with Crippen LogP contribution in [0.15, 0.2) is 35.7 Å². The van der Waals surface area contributed by atoms with E-state index in [2.05, 4.69) is 29.8 Å². The Bertz CT molecular complexity index is 539. The fraction of sp³-hybridized carbons (Fsp3) is 0.333. The standard InChI is InChI=1S/C15H17NO2S/c1-2-12(15-4-3-9-19-15)16-11-5-6-13-14(10-11)18-8-7-17-13/h3-6,9-10,12,16H,2,7-8H2,1H3. The molecule has 3 rings (SSSR count). The van der Waals surface area contributed by atoms with Crippen LogP contribution in [0.1, 0.15) is 24.3 Å². The molecule has 1 unspecified atom stereocenters. The van der Waals surface area contributed by atoms with Gasteiger partial charge in [-0.1, -0.05) is 13.0 Å². The predicted octanol–water partition coefficient (Wildman–Crippen LogP) is 4.08. The van der Waals surface area contributed by atoms with Gasteiger partial charge < -0.3 is 14.8 Å². The summed E-state index contributed by atoms with van der Waals surface area (Å²) < 4.78 is 11.1. The number of ether oxygens (including phenoxy) is 2. The summed E-state index contributed by atoms with van der Waals surface area (Å²) in [5.41, 5.74) is 1.07. The van der Waals surface area contributed by atoms with E-state index >= 15 is 0 Å². The van der Waals surface area contributed by atoms with E-state index in [1.165, 1.54) is 4.88 Å². The predicted molar refractivity (Wildman–Crippen MR) is 78.4 cm³/mol. The molecule has 1 aliphatic heterocycles. The quantitative estimate of drug-likeness (QED) is 0.912. The Balaban J connectivity index is 1.79. The van der Waals surface area contributed by atoms with Crippen LogP contribution in [0.4, 0.5) is 5.69 Å². The second-order valence-corrected chi connectivity index (χ2v) is 5.46. The van der Waals surface area contributed by atoms with Crippen molar-refractivity contribution >= 4 is 17.0 Å². The highest BCUT2D eigenvalue weighted by Gasteiger charge is 2.14. The average molecular weight is 275 g/mol. The molecule has 0 bridgehead atoms. The molecule has 0 radical (unpaired) electrons. The summed E-state index contributed by atoms with van der Waals surface area (Å²) in [6.45, 7) is 3.44. The lowest BCUT2D eigenvalue weighted by atomic mass is 10.1. The lowest BCUT2D eigenvalue weighted by Gasteiger charge is -2.21. The van der Waals surface area contributed by atoms with Crippen LogP contribution in [0.3, 0.4) is 0 Å². The molecule has 3 nitrogen and oxygen atoms in total. The number of benzene rings is 1. The van der Waals surface area contributed by atoms with Crippen molar-refractivity contribution in [3.8, 4) is 11.5 Å². The Kier molecular flexibility index (Phi) is 3.60. The normalized spacial score (nSPS) is 15.0. The molecule has 0 amide bonds. The van der Waals surface area contributed by atoms with Crippen LogP contribution in [0.2, 0.25) is 0 Å². The monoisotopic (exact) mass is 275 g/mol. The molecule has 0 fully saturated rings.